The summed E-state index contributed by atoms with van der Waals surface area (Å²) in [5.41, 5.74) is 6.65. The summed E-state index contributed by atoms with van der Waals surface area (Å²) < 4.78 is 1.79. The molecule has 2 rings (SSSR count). The Morgan fingerprint density at radius 2 is 2.28 bits per heavy atom. The molecule has 1 fully saturated rings. The van der Waals surface area contributed by atoms with E-state index in [1.807, 2.05) is 19.4 Å². The Labute approximate surface area is 108 Å². The topological polar surface area (TPSA) is 72.9 Å². The SMILES string of the molecule is Cn1cc(CNC2CCCCCC2C(N)=O)cn1. The fraction of sp³-hybridized carbons (Fsp3) is 0.692. The quantitative estimate of drug-likeness (QED) is 0.781. The second-order valence-electron chi connectivity index (χ2n) is 5.16. The number of amides is 1. The van der Waals surface area contributed by atoms with Gasteiger partial charge in [-0.2, -0.15) is 5.10 Å². The van der Waals surface area contributed by atoms with Crippen molar-refractivity contribution in [1.82, 2.24) is 15.1 Å². The highest BCUT2D eigenvalue weighted by Gasteiger charge is 2.27. The molecule has 5 nitrogen and oxygen atoms in total. The Balaban J connectivity index is 1.94. The van der Waals surface area contributed by atoms with Crippen LogP contribution in [0.3, 0.4) is 0 Å². The van der Waals surface area contributed by atoms with Crippen LogP contribution in [0.1, 0.15) is 37.7 Å². The lowest BCUT2D eigenvalue weighted by molar-refractivity contribution is -0.122. The van der Waals surface area contributed by atoms with Gasteiger partial charge in [0.15, 0.2) is 0 Å². The van der Waals surface area contributed by atoms with Crippen LogP contribution in [-0.4, -0.2) is 21.7 Å². The number of primary amides is 1. The van der Waals surface area contributed by atoms with Gasteiger partial charge in [0, 0.05) is 31.4 Å². The highest BCUT2D eigenvalue weighted by molar-refractivity contribution is 5.77. The van der Waals surface area contributed by atoms with Crippen molar-refractivity contribution in [2.24, 2.45) is 18.7 Å². The van der Waals surface area contributed by atoms with Gasteiger partial charge in [0.05, 0.1) is 12.1 Å². The largest absolute Gasteiger partial charge is 0.369 e. The van der Waals surface area contributed by atoms with Crippen LogP contribution in [0.2, 0.25) is 0 Å². The van der Waals surface area contributed by atoms with E-state index in [0.29, 0.717) is 0 Å². The average Bonchev–Trinajstić information content (AvgIpc) is 2.62. The molecule has 1 aromatic rings. The van der Waals surface area contributed by atoms with E-state index in [9.17, 15) is 4.79 Å². The third kappa shape index (κ3) is 3.32. The Kier molecular flexibility index (Phi) is 4.36. The summed E-state index contributed by atoms with van der Waals surface area (Å²) in [7, 11) is 1.90. The van der Waals surface area contributed by atoms with Gasteiger partial charge in [0.25, 0.3) is 0 Å². The van der Waals surface area contributed by atoms with Crippen LogP contribution in [-0.2, 0) is 18.4 Å². The minimum Gasteiger partial charge on any atom is -0.369 e. The van der Waals surface area contributed by atoms with Gasteiger partial charge >= 0.3 is 0 Å². The van der Waals surface area contributed by atoms with Gasteiger partial charge in [-0.15, -0.1) is 0 Å². The van der Waals surface area contributed by atoms with Crippen molar-refractivity contribution in [3.63, 3.8) is 0 Å². The molecule has 0 saturated heterocycles. The van der Waals surface area contributed by atoms with Crippen molar-refractivity contribution in [3.05, 3.63) is 18.0 Å². The van der Waals surface area contributed by atoms with Gasteiger partial charge in [-0.25, -0.2) is 0 Å². The van der Waals surface area contributed by atoms with E-state index in [1.54, 1.807) is 4.68 Å². The number of aryl methyl sites for hydroxylation is 1. The Bertz CT molecular complexity index is 401. The molecular weight excluding hydrogens is 228 g/mol. The van der Waals surface area contributed by atoms with Crippen LogP contribution in [0.15, 0.2) is 12.4 Å². The molecule has 18 heavy (non-hydrogen) atoms. The number of nitrogens with zero attached hydrogens (tertiary/aromatic N) is 2. The maximum atomic E-state index is 11.5. The van der Waals surface area contributed by atoms with Crippen molar-refractivity contribution >= 4 is 5.91 Å². The summed E-state index contributed by atoms with van der Waals surface area (Å²) in [6.07, 6.45) is 9.28. The zero-order chi connectivity index (χ0) is 13.0. The van der Waals surface area contributed by atoms with Gasteiger partial charge in [0.2, 0.25) is 5.91 Å². The smallest absolute Gasteiger partial charge is 0.222 e. The third-order valence-corrected chi connectivity index (χ3v) is 3.71. The molecule has 0 spiro atoms. The Hall–Kier alpha value is -1.36. The van der Waals surface area contributed by atoms with E-state index in [2.05, 4.69) is 10.4 Å². The van der Waals surface area contributed by atoms with Crippen molar-refractivity contribution in [3.8, 4) is 0 Å². The Morgan fingerprint density at radius 1 is 1.50 bits per heavy atom. The van der Waals surface area contributed by atoms with Gasteiger partial charge in [-0.1, -0.05) is 19.3 Å². The second kappa shape index (κ2) is 6.00. The fourth-order valence-corrected chi connectivity index (χ4v) is 2.70. The predicted octanol–water partition coefficient (Wildman–Crippen LogP) is 0.944. The number of aromatic nitrogens is 2. The van der Waals surface area contributed by atoms with Gasteiger partial charge in [0.1, 0.15) is 0 Å². The van der Waals surface area contributed by atoms with E-state index in [-0.39, 0.29) is 17.9 Å². The molecule has 100 valence electrons. The van der Waals surface area contributed by atoms with Crippen LogP contribution in [0, 0.1) is 5.92 Å². The number of nitrogens with two attached hydrogens (primary N) is 1. The first kappa shape index (κ1) is 13.1. The summed E-state index contributed by atoms with van der Waals surface area (Å²) >= 11 is 0. The molecule has 0 aromatic carbocycles. The number of carbonyl (C=O) groups is 1. The molecule has 0 radical (unpaired) electrons. The summed E-state index contributed by atoms with van der Waals surface area (Å²) in [6, 6.07) is 0.213. The number of hydrogen-bond acceptors (Lipinski definition) is 3. The maximum absolute atomic E-state index is 11.5. The lowest BCUT2D eigenvalue weighted by Gasteiger charge is -2.23. The molecule has 1 aromatic heterocycles. The summed E-state index contributed by atoms with van der Waals surface area (Å²) in [5, 5.41) is 7.61. The highest BCUT2D eigenvalue weighted by Crippen LogP contribution is 2.23. The van der Waals surface area contributed by atoms with Crippen LogP contribution in [0.5, 0.6) is 0 Å². The summed E-state index contributed by atoms with van der Waals surface area (Å²) in [6.45, 7) is 0.752. The van der Waals surface area contributed by atoms with Crippen molar-refractivity contribution in [1.29, 1.82) is 0 Å². The molecular formula is C13H22N4O. The van der Waals surface area contributed by atoms with Crippen molar-refractivity contribution in [2.75, 3.05) is 0 Å². The number of nitrogens with one attached hydrogen (secondary N) is 1. The Morgan fingerprint density at radius 3 is 2.94 bits per heavy atom. The van der Waals surface area contributed by atoms with E-state index >= 15 is 0 Å². The highest BCUT2D eigenvalue weighted by atomic mass is 16.1. The zero-order valence-corrected chi connectivity index (χ0v) is 10.9. The van der Waals surface area contributed by atoms with Crippen molar-refractivity contribution < 1.29 is 4.79 Å². The second-order valence-corrected chi connectivity index (χ2v) is 5.16. The molecule has 1 amide bonds. The average molecular weight is 250 g/mol. The summed E-state index contributed by atoms with van der Waals surface area (Å²) in [5.74, 6) is -0.190. The van der Waals surface area contributed by atoms with E-state index in [0.717, 1.165) is 31.4 Å². The molecule has 2 unspecified atom stereocenters. The van der Waals surface area contributed by atoms with Crippen molar-refractivity contribution in [2.45, 2.75) is 44.7 Å². The molecule has 0 aliphatic heterocycles. The predicted molar refractivity (Wildman–Crippen MR) is 69.6 cm³/mol. The van der Waals surface area contributed by atoms with Crippen LogP contribution < -0.4 is 11.1 Å². The normalized spacial score (nSPS) is 24.7. The van der Waals surface area contributed by atoms with Gasteiger partial charge < -0.3 is 11.1 Å². The van der Waals surface area contributed by atoms with E-state index in [4.69, 9.17) is 5.73 Å². The molecule has 0 bridgehead atoms. The first-order chi connectivity index (χ1) is 8.66. The molecule has 1 aliphatic carbocycles. The molecule has 1 aliphatic rings. The minimum atomic E-state index is -0.166. The monoisotopic (exact) mass is 250 g/mol. The minimum absolute atomic E-state index is 0.0239. The molecule has 3 N–H and O–H groups in total. The first-order valence-electron chi connectivity index (χ1n) is 6.67. The molecule has 1 saturated carbocycles. The fourth-order valence-electron chi connectivity index (χ4n) is 2.70. The van der Waals surface area contributed by atoms with Crippen LogP contribution >= 0.6 is 0 Å². The molecule has 2 atom stereocenters. The molecule has 5 heteroatoms. The van der Waals surface area contributed by atoms with E-state index in [1.165, 1.54) is 12.8 Å². The van der Waals surface area contributed by atoms with Gasteiger partial charge in [-0.05, 0) is 12.8 Å². The first-order valence-corrected chi connectivity index (χ1v) is 6.67. The number of carbonyl (C=O) groups excluding carboxylic acids is 1. The third-order valence-electron chi connectivity index (χ3n) is 3.71. The number of rotatable bonds is 4. The van der Waals surface area contributed by atoms with Crippen LogP contribution in [0.4, 0.5) is 0 Å². The zero-order valence-electron chi connectivity index (χ0n) is 10.9. The lowest BCUT2D eigenvalue weighted by Crippen LogP contribution is -2.41. The van der Waals surface area contributed by atoms with Gasteiger partial charge in [-0.3, -0.25) is 9.48 Å². The standard InChI is InChI=1S/C13H22N4O/c1-17-9-10(8-16-17)7-15-12-6-4-2-3-5-11(12)13(14)18/h8-9,11-12,15H,2-7H2,1H3,(H2,14,18). The maximum Gasteiger partial charge on any atom is 0.222 e. The van der Waals surface area contributed by atoms with Crippen LogP contribution in [0.25, 0.3) is 0 Å². The molecule has 1 heterocycles. The summed E-state index contributed by atoms with van der Waals surface area (Å²) in [4.78, 5) is 11.5. The lowest BCUT2D eigenvalue weighted by atomic mass is 9.94. The number of hydrogen-bond donors (Lipinski definition) is 2. The van der Waals surface area contributed by atoms with E-state index < -0.39 is 0 Å².